The highest BCUT2D eigenvalue weighted by Gasteiger charge is 2.15. The van der Waals surface area contributed by atoms with E-state index in [0.717, 1.165) is 5.56 Å². The molecule has 2 amide bonds. The molecule has 0 aromatic heterocycles. The van der Waals surface area contributed by atoms with Crippen LogP contribution in [0.1, 0.15) is 36.7 Å². The smallest absolute Gasteiger partial charge is 0.276 e. The van der Waals surface area contributed by atoms with Crippen molar-refractivity contribution in [2.45, 2.75) is 26.2 Å². The molecule has 27 heavy (non-hydrogen) atoms. The van der Waals surface area contributed by atoms with Crippen LogP contribution < -0.4 is 15.6 Å². The Balaban J connectivity index is 1.87. The first-order valence-electron chi connectivity index (χ1n) is 8.05. The van der Waals surface area contributed by atoms with Crippen molar-refractivity contribution in [3.05, 3.63) is 62.0 Å². The lowest BCUT2D eigenvalue weighted by Gasteiger charge is -2.19. The monoisotopic (exact) mass is 472 g/mol. The summed E-state index contributed by atoms with van der Waals surface area (Å²) in [4.78, 5) is 24.0. The second-order valence-corrected chi connectivity index (χ2v) is 8.51. The third kappa shape index (κ3) is 6.13. The molecule has 0 unspecified atom stereocenters. The van der Waals surface area contributed by atoms with Gasteiger partial charge in [0.2, 0.25) is 0 Å². The number of hydrogen-bond acceptors (Lipinski definition) is 3. The molecule has 0 saturated heterocycles. The predicted octanol–water partition coefficient (Wildman–Crippen LogP) is 4.89. The quantitative estimate of drug-likeness (QED) is 0.621. The van der Waals surface area contributed by atoms with Gasteiger partial charge in [0.15, 0.2) is 12.4 Å². The maximum Gasteiger partial charge on any atom is 0.276 e. The first-order chi connectivity index (χ1) is 12.6. The Morgan fingerprint density at radius 1 is 1.07 bits per heavy atom. The van der Waals surface area contributed by atoms with Gasteiger partial charge in [0.1, 0.15) is 0 Å². The zero-order valence-corrected chi connectivity index (χ0v) is 18.1. The highest BCUT2D eigenvalue weighted by molar-refractivity contribution is 9.10. The number of carbonyl (C=O) groups is 2. The van der Waals surface area contributed by atoms with Crippen molar-refractivity contribution in [2.24, 2.45) is 0 Å². The van der Waals surface area contributed by atoms with E-state index < -0.39 is 11.8 Å². The molecule has 0 atom stereocenters. The molecule has 0 aliphatic heterocycles. The first kappa shape index (κ1) is 21.5. The van der Waals surface area contributed by atoms with E-state index in [1.165, 1.54) is 6.07 Å². The topological polar surface area (TPSA) is 67.4 Å². The number of amides is 2. The minimum Gasteiger partial charge on any atom is -0.481 e. The number of rotatable bonds is 4. The van der Waals surface area contributed by atoms with Crippen molar-refractivity contribution in [3.63, 3.8) is 0 Å². The number of hydrazine groups is 1. The van der Waals surface area contributed by atoms with Crippen LogP contribution in [0.5, 0.6) is 5.75 Å². The fraction of sp³-hybridized carbons (Fsp3) is 0.263. The van der Waals surface area contributed by atoms with E-state index in [2.05, 4.69) is 47.6 Å². The van der Waals surface area contributed by atoms with Crippen molar-refractivity contribution in [1.82, 2.24) is 10.9 Å². The number of benzene rings is 2. The molecule has 0 aliphatic rings. The predicted molar refractivity (Wildman–Crippen MR) is 110 cm³/mol. The Hall–Kier alpha value is -1.76. The molecule has 2 aromatic rings. The van der Waals surface area contributed by atoms with Crippen LogP contribution in [0.15, 0.2) is 40.9 Å². The number of carbonyl (C=O) groups excluding carboxylic acids is 2. The van der Waals surface area contributed by atoms with Gasteiger partial charge in [0.05, 0.1) is 9.50 Å². The summed E-state index contributed by atoms with van der Waals surface area (Å²) in [5.41, 5.74) is 6.19. The van der Waals surface area contributed by atoms with Crippen molar-refractivity contribution < 1.29 is 14.3 Å². The summed E-state index contributed by atoms with van der Waals surface area (Å²) in [6.45, 7) is 5.94. The molecule has 0 saturated carbocycles. The van der Waals surface area contributed by atoms with Crippen molar-refractivity contribution in [3.8, 4) is 5.75 Å². The molecule has 2 aromatic carbocycles. The Morgan fingerprint density at radius 3 is 2.26 bits per heavy atom. The molecule has 0 heterocycles. The maximum absolute atomic E-state index is 12.1. The van der Waals surface area contributed by atoms with E-state index >= 15 is 0 Å². The fourth-order valence-electron chi connectivity index (χ4n) is 2.16. The minimum atomic E-state index is -0.535. The molecule has 144 valence electrons. The average Bonchev–Trinajstić information content (AvgIpc) is 2.58. The molecule has 5 nitrogen and oxygen atoms in total. The van der Waals surface area contributed by atoms with Gasteiger partial charge in [-0.25, -0.2) is 0 Å². The lowest BCUT2D eigenvalue weighted by molar-refractivity contribution is -0.123. The van der Waals surface area contributed by atoms with Gasteiger partial charge in [-0.1, -0.05) is 56.1 Å². The van der Waals surface area contributed by atoms with Gasteiger partial charge >= 0.3 is 0 Å². The first-order valence-corrected chi connectivity index (χ1v) is 9.60. The average molecular weight is 474 g/mol. The van der Waals surface area contributed by atoms with Crippen LogP contribution in [0.2, 0.25) is 10.0 Å². The molecule has 0 aliphatic carbocycles. The molecule has 0 radical (unpaired) electrons. The second kappa shape index (κ2) is 8.95. The van der Waals surface area contributed by atoms with E-state index in [1.807, 2.05) is 12.1 Å². The van der Waals surface area contributed by atoms with Gasteiger partial charge in [-0.15, -0.1) is 0 Å². The van der Waals surface area contributed by atoms with E-state index in [4.69, 9.17) is 27.9 Å². The SMILES string of the molecule is CC(C)(C)c1ccc(C(=O)NNC(=O)COc2c(Cl)cc(Cl)cc2Br)cc1. The molecule has 0 fully saturated rings. The number of halogens is 3. The van der Waals surface area contributed by atoms with Crippen molar-refractivity contribution in [1.29, 1.82) is 0 Å². The highest BCUT2D eigenvalue weighted by Crippen LogP contribution is 2.35. The molecular weight excluding hydrogens is 455 g/mol. The van der Waals surface area contributed by atoms with Crippen LogP contribution in [-0.2, 0) is 10.2 Å². The van der Waals surface area contributed by atoms with E-state index in [0.29, 0.717) is 20.8 Å². The lowest BCUT2D eigenvalue weighted by Crippen LogP contribution is -2.43. The van der Waals surface area contributed by atoms with Crippen LogP contribution >= 0.6 is 39.1 Å². The summed E-state index contributed by atoms with van der Waals surface area (Å²) in [7, 11) is 0. The summed E-state index contributed by atoms with van der Waals surface area (Å²) in [5, 5.41) is 0.707. The standard InChI is InChI=1S/C19H19BrCl2N2O3/c1-19(2,3)12-6-4-11(5-7-12)18(26)24-23-16(25)10-27-17-14(20)8-13(21)9-15(17)22/h4-9H,10H2,1-3H3,(H,23,25)(H,24,26). The van der Waals surface area contributed by atoms with Crippen LogP contribution in [0.25, 0.3) is 0 Å². The van der Waals surface area contributed by atoms with Crippen LogP contribution in [0.4, 0.5) is 0 Å². The van der Waals surface area contributed by atoms with E-state index in [1.54, 1.807) is 18.2 Å². The molecule has 0 bridgehead atoms. The van der Waals surface area contributed by atoms with Gasteiger partial charge in [-0.2, -0.15) is 0 Å². The van der Waals surface area contributed by atoms with E-state index in [-0.39, 0.29) is 17.0 Å². The fourth-order valence-corrected chi connectivity index (χ4v) is 3.53. The summed E-state index contributed by atoms with van der Waals surface area (Å²) < 4.78 is 5.90. The van der Waals surface area contributed by atoms with Crippen LogP contribution in [0.3, 0.4) is 0 Å². The van der Waals surface area contributed by atoms with Gasteiger partial charge in [0.25, 0.3) is 11.8 Å². The lowest BCUT2D eigenvalue weighted by atomic mass is 9.87. The Morgan fingerprint density at radius 2 is 1.70 bits per heavy atom. The zero-order chi connectivity index (χ0) is 20.2. The molecule has 2 rings (SSSR count). The summed E-state index contributed by atoms with van der Waals surface area (Å²) in [6.07, 6.45) is 0. The largest absolute Gasteiger partial charge is 0.481 e. The third-order valence-corrected chi connectivity index (χ3v) is 4.73. The molecule has 0 spiro atoms. The van der Waals surface area contributed by atoms with Crippen molar-refractivity contribution >= 4 is 50.9 Å². The molecular formula is C19H19BrCl2N2O3. The Bertz CT molecular complexity index is 826. The summed E-state index contributed by atoms with van der Waals surface area (Å²) in [6, 6.07) is 10.3. The van der Waals surface area contributed by atoms with Gasteiger partial charge in [0, 0.05) is 10.6 Å². The van der Waals surface area contributed by atoms with Crippen molar-refractivity contribution in [2.75, 3.05) is 6.61 Å². The third-order valence-electron chi connectivity index (χ3n) is 3.64. The highest BCUT2D eigenvalue weighted by atomic mass is 79.9. The number of ether oxygens (including phenoxy) is 1. The number of nitrogens with one attached hydrogen (secondary N) is 2. The van der Waals surface area contributed by atoms with Crippen LogP contribution in [0, 0.1) is 0 Å². The molecule has 8 heteroatoms. The summed E-state index contributed by atoms with van der Waals surface area (Å²) >= 11 is 15.2. The Kier molecular flexibility index (Phi) is 7.14. The number of hydrogen-bond donors (Lipinski definition) is 2. The minimum absolute atomic E-state index is 0.00221. The molecule has 2 N–H and O–H groups in total. The second-order valence-electron chi connectivity index (χ2n) is 6.82. The normalized spacial score (nSPS) is 11.0. The van der Waals surface area contributed by atoms with Gasteiger partial charge in [-0.05, 0) is 51.2 Å². The van der Waals surface area contributed by atoms with E-state index in [9.17, 15) is 9.59 Å². The maximum atomic E-state index is 12.1. The van der Waals surface area contributed by atoms with Gasteiger partial charge < -0.3 is 4.74 Å². The zero-order valence-electron chi connectivity index (χ0n) is 15.0. The summed E-state index contributed by atoms with van der Waals surface area (Å²) in [5.74, 6) is -0.664. The Labute approximate surface area is 176 Å². The van der Waals surface area contributed by atoms with Gasteiger partial charge in [-0.3, -0.25) is 20.4 Å². The van der Waals surface area contributed by atoms with Crippen LogP contribution in [-0.4, -0.2) is 18.4 Å².